The predicted molar refractivity (Wildman–Crippen MR) is 94.7 cm³/mol. The van der Waals surface area contributed by atoms with Crippen LogP contribution in [0.5, 0.6) is 0 Å². The van der Waals surface area contributed by atoms with E-state index >= 15 is 0 Å². The van der Waals surface area contributed by atoms with Crippen LogP contribution in [-0.4, -0.2) is 36.8 Å². The van der Waals surface area contributed by atoms with Gasteiger partial charge in [0.15, 0.2) is 6.29 Å². The van der Waals surface area contributed by atoms with Gasteiger partial charge in [-0.2, -0.15) is 0 Å². The Morgan fingerprint density at radius 2 is 2.04 bits per heavy atom. The van der Waals surface area contributed by atoms with Gasteiger partial charge in [-0.1, -0.05) is 37.3 Å². The van der Waals surface area contributed by atoms with Crippen molar-refractivity contribution in [3.05, 3.63) is 35.9 Å². The molecule has 1 unspecified atom stereocenters. The van der Waals surface area contributed by atoms with Crippen molar-refractivity contribution in [1.29, 1.82) is 0 Å². The van der Waals surface area contributed by atoms with E-state index in [1.54, 1.807) is 0 Å². The first-order chi connectivity index (χ1) is 11.8. The molecule has 1 N–H and O–H groups in total. The summed E-state index contributed by atoms with van der Waals surface area (Å²) in [6.07, 6.45) is 6.29. The van der Waals surface area contributed by atoms with Crippen LogP contribution in [0.3, 0.4) is 0 Å². The molecule has 1 aliphatic rings. The van der Waals surface area contributed by atoms with E-state index in [0.29, 0.717) is 13.2 Å². The molecule has 4 nitrogen and oxygen atoms in total. The van der Waals surface area contributed by atoms with Gasteiger partial charge in [0, 0.05) is 13.2 Å². The highest BCUT2D eigenvalue weighted by Gasteiger charge is 2.18. The van der Waals surface area contributed by atoms with E-state index in [4.69, 9.17) is 14.2 Å². The number of benzene rings is 1. The Kier molecular flexibility index (Phi) is 9.36. The first-order valence-electron chi connectivity index (χ1n) is 9.36. The van der Waals surface area contributed by atoms with E-state index in [-0.39, 0.29) is 12.4 Å². The van der Waals surface area contributed by atoms with Crippen molar-refractivity contribution >= 4 is 0 Å². The Bertz CT molecular complexity index is 417. The molecule has 0 aliphatic carbocycles. The lowest BCUT2D eigenvalue weighted by molar-refractivity contribution is -0.163. The van der Waals surface area contributed by atoms with Crippen molar-refractivity contribution in [3.63, 3.8) is 0 Å². The van der Waals surface area contributed by atoms with Crippen molar-refractivity contribution in [2.75, 3.05) is 13.2 Å². The van der Waals surface area contributed by atoms with Crippen LogP contribution in [0.4, 0.5) is 0 Å². The van der Waals surface area contributed by atoms with E-state index in [1.807, 2.05) is 30.3 Å². The summed E-state index contributed by atoms with van der Waals surface area (Å²) in [5, 5.41) is 10.3. The normalized spacial score (nSPS) is 20.7. The number of ether oxygens (including phenoxy) is 3. The van der Waals surface area contributed by atoms with Gasteiger partial charge in [-0.25, -0.2) is 0 Å². The third-order valence-corrected chi connectivity index (χ3v) is 4.47. The summed E-state index contributed by atoms with van der Waals surface area (Å²) in [5.41, 5.74) is 1.14. The Morgan fingerprint density at radius 3 is 2.75 bits per heavy atom. The zero-order chi connectivity index (χ0) is 17.0. The summed E-state index contributed by atoms with van der Waals surface area (Å²) >= 11 is 0. The summed E-state index contributed by atoms with van der Waals surface area (Å²) in [6.45, 7) is 4.14. The second-order valence-corrected chi connectivity index (χ2v) is 6.47. The maximum Gasteiger partial charge on any atom is 0.157 e. The SMILES string of the molecule is CC[C@@H](OCc1ccccc1)[C@H](O)CCCCOC1CCCCO1. The molecular formula is C20H32O4. The average Bonchev–Trinajstić information content (AvgIpc) is 2.63. The molecule has 1 fully saturated rings. The Morgan fingerprint density at radius 1 is 1.21 bits per heavy atom. The minimum atomic E-state index is -0.412. The predicted octanol–water partition coefficient (Wildman–Crippen LogP) is 4.06. The van der Waals surface area contributed by atoms with Crippen molar-refractivity contribution in [3.8, 4) is 0 Å². The topological polar surface area (TPSA) is 47.9 Å². The molecule has 0 bridgehead atoms. The molecule has 1 aliphatic heterocycles. The molecule has 4 heteroatoms. The molecule has 1 aromatic carbocycles. The molecule has 1 heterocycles. The van der Waals surface area contributed by atoms with Gasteiger partial charge in [-0.15, -0.1) is 0 Å². The summed E-state index contributed by atoms with van der Waals surface area (Å²) in [5.74, 6) is 0. The van der Waals surface area contributed by atoms with Crippen LogP contribution in [-0.2, 0) is 20.8 Å². The number of rotatable bonds is 11. The molecule has 1 saturated heterocycles. The number of hydrogen-bond acceptors (Lipinski definition) is 4. The standard InChI is InChI=1S/C20H32O4/c1-2-19(24-16-17-10-4-3-5-11-17)18(21)12-6-8-14-22-20-13-7-9-15-23-20/h3-5,10-11,18-21H,2,6-9,12-16H2,1H3/t18-,19-,20?/m1/s1. The molecule has 0 spiro atoms. The maximum atomic E-state index is 10.3. The first-order valence-corrected chi connectivity index (χ1v) is 9.36. The lowest BCUT2D eigenvalue weighted by Crippen LogP contribution is -2.28. The van der Waals surface area contributed by atoms with E-state index in [1.165, 1.54) is 6.42 Å². The summed E-state index contributed by atoms with van der Waals surface area (Å²) in [6, 6.07) is 10.1. The highest BCUT2D eigenvalue weighted by atomic mass is 16.7. The number of aliphatic hydroxyl groups excluding tert-OH is 1. The zero-order valence-corrected chi connectivity index (χ0v) is 14.9. The van der Waals surface area contributed by atoms with Crippen LogP contribution >= 0.6 is 0 Å². The fourth-order valence-corrected chi connectivity index (χ4v) is 2.98. The van der Waals surface area contributed by atoms with Gasteiger partial charge in [-0.05, 0) is 50.5 Å². The highest BCUT2D eigenvalue weighted by Crippen LogP contribution is 2.16. The average molecular weight is 336 g/mol. The van der Waals surface area contributed by atoms with Gasteiger partial charge >= 0.3 is 0 Å². The first kappa shape index (κ1) is 19.4. The molecule has 2 rings (SSSR count). The van der Waals surface area contributed by atoms with E-state index < -0.39 is 6.10 Å². The van der Waals surface area contributed by atoms with Crippen LogP contribution in [0.25, 0.3) is 0 Å². The smallest absolute Gasteiger partial charge is 0.157 e. The van der Waals surface area contributed by atoms with Gasteiger partial charge in [-0.3, -0.25) is 0 Å². The number of aliphatic hydroxyl groups is 1. The highest BCUT2D eigenvalue weighted by molar-refractivity contribution is 5.13. The van der Waals surface area contributed by atoms with Crippen LogP contribution in [0.2, 0.25) is 0 Å². The van der Waals surface area contributed by atoms with Crippen LogP contribution < -0.4 is 0 Å². The second kappa shape index (κ2) is 11.6. The monoisotopic (exact) mass is 336 g/mol. The molecular weight excluding hydrogens is 304 g/mol. The lowest BCUT2D eigenvalue weighted by atomic mass is 10.0. The second-order valence-electron chi connectivity index (χ2n) is 6.47. The largest absolute Gasteiger partial charge is 0.390 e. The lowest BCUT2D eigenvalue weighted by Gasteiger charge is -2.23. The molecule has 0 radical (unpaired) electrons. The summed E-state index contributed by atoms with van der Waals surface area (Å²) in [4.78, 5) is 0. The van der Waals surface area contributed by atoms with Crippen LogP contribution in [0, 0.1) is 0 Å². The Hall–Kier alpha value is -0.940. The molecule has 0 aromatic heterocycles. The third kappa shape index (κ3) is 7.31. The molecule has 24 heavy (non-hydrogen) atoms. The molecule has 0 saturated carbocycles. The molecule has 1 aromatic rings. The Labute approximate surface area is 146 Å². The van der Waals surface area contributed by atoms with Gasteiger partial charge in [0.1, 0.15) is 0 Å². The van der Waals surface area contributed by atoms with Crippen molar-refractivity contribution < 1.29 is 19.3 Å². The van der Waals surface area contributed by atoms with Crippen molar-refractivity contribution in [2.45, 2.75) is 77.0 Å². The molecule has 136 valence electrons. The van der Waals surface area contributed by atoms with Crippen molar-refractivity contribution in [1.82, 2.24) is 0 Å². The minimum absolute atomic E-state index is 0.0127. The van der Waals surface area contributed by atoms with Crippen LogP contribution in [0.1, 0.15) is 57.4 Å². The summed E-state index contributed by atoms with van der Waals surface area (Å²) in [7, 11) is 0. The van der Waals surface area contributed by atoms with E-state index in [9.17, 15) is 5.11 Å². The van der Waals surface area contributed by atoms with E-state index in [2.05, 4.69) is 6.92 Å². The van der Waals surface area contributed by atoms with Gasteiger partial charge in [0.25, 0.3) is 0 Å². The van der Waals surface area contributed by atoms with Crippen molar-refractivity contribution in [2.24, 2.45) is 0 Å². The van der Waals surface area contributed by atoms with Gasteiger partial charge in [0.05, 0.1) is 18.8 Å². The fraction of sp³-hybridized carbons (Fsp3) is 0.700. The number of hydrogen-bond donors (Lipinski definition) is 1. The third-order valence-electron chi connectivity index (χ3n) is 4.47. The molecule has 3 atom stereocenters. The van der Waals surface area contributed by atoms with Gasteiger partial charge in [0.2, 0.25) is 0 Å². The number of unbranched alkanes of at least 4 members (excludes halogenated alkanes) is 1. The molecule has 0 amide bonds. The zero-order valence-electron chi connectivity index (χ0n) is 14.9. The summed E-state index contributed by atoms with van der Waals surface area (Å²) < 4.78 is 17.2. The fourth-order valence-electron chi connectivity index (χ4n) is 2.98. The quantitative estimate of drug-likeness (QED) is 0.619. The van der Waals surface area contributed by atoms with Gasteiger partial charge < -0.3 is 19.3 Å². The van der Waals surface area contributed by atoms with E-state index in [0.717, 1.165) is 50.7 Å². The Balaban J connectivity index is 1.56. The van der Waals surface area contributed by atoms with Crippen LogP contribution in [0.15, 0.2) is 30.3 Å². The minimum Gasteiger partial charge on any atom is -0.390 e. The maximum absolute atomic E-state index is 10.3.